The van der Waals surface area contributed by atoms with Gasteiger partial charge in [0.05, 0.1) is 23.1 Å². The van der Waals surface area contributed by atoms with Crippen LogP contribution in [0.25, 0.3) is 22.4 Å². The number of hydrogen-bond acceptors (Lipinski definition) is 5. The Bertz CT molecular complexity index is 1640. The second kappa shape index (κ2) is 11.0. The topological polar surface area (TPSA) is 111 Å². The molecule has 2 N–H and O–H groups in total. The second-order valence-corrected chi connectivity index (χ2v) is 10.6. The number of benzene rings is 2. The van der Waals surface area contributed by atoms with E-state index in [-0.39, 0.29) is 45.7 Å². The highest BCUT2D eigenvalue weighted by Crippen LogP contribution is 2.33. The first-order chi connectivity index (χ1) is 18.8. The number of imidazole rings is 1. The molecule has 2 heterocycles. The first-order valence-electron chi connectivity index (χ1n) is 12.2. The van der Waals surface area contributed by atoms with Crippen LogP contribution < -0.4 is 10.6 Å². The third kappa shape index (κ3) is 5.79. The Morgan fingerprint density at radius 2 is 1.73 bits per heavy atom. The molecule has 40 heavy (non-hydrogen) atoms. The molecule has 0 aliphatic rings. The number of amides is 2. The molecule has 0 bridgehead atoms. The zero-order valence-corrected chi connectivity index (χ0v) is 23.2. The number of nitrogens with one attached hydrogen (secondary N) is 2. The maximum atomic E-state index is 15.4. The molecule has 0 saturated carbocycles. The van der Waals surface area contributed by atoms with Gasteiger partial charge in [-0.15, -0.1) is 0 Å². The van der Waals surface area contributed by atoms with Crippen molar-refractivity contribution >= 4 is 35.4 Å². The largest absolute Gasteiger partial charge is 0.350 e. The standard InChI is InChI=1S/C28H27ClF2N6O3/c1-15-20(11-33-37(15)13-23(39)35-28(2,3)4)18-8-9-19(25(31)24(18)30)22-12-32-26(36(22)5)27(40)34-17-7-6-16(14-38)21(29)10-17/h6-12,14H,13H2,1-5H3,(H,34,40)(H,35,39). The minimum atomic E-state index is -1.12. The van der Waals surface area contributed by atoms with Crippen LogP contribution in [0.5, 0.6) is 0 Å². The molecule has 12 heteroatoms. The smallest absolute Gasteiger partial charge is 0.291 e. The fraction of sp³-hybridized carbons (Fsp3) is 0.250. The van der Waals surface area contributed by atoms with Gasteiger partial charge in [-0.05, 0) is 52.0 Å². The van der Waals surface area contributed by atoms with Gasteiger partial charge in [0, 0.05) is 46.2 Å². The van der Waals surface area contributed by atoms with Crippen LogP contribution in [0.15, 0.2) is 42.7 Å². The lowest BCUT2D eigenvalue weighted by atomic mass is 10.0. The molecule has 0 spiro atoms. The fourth-order valence-corrected chi connectivity index (χ4v) is 4.40. The van der Waals surface area contributed by atoms with E-state index in [1.807, 2.05) is 20.8 Å². The van der Waals surface area contributed by atoms with Crippen molar-refractivity contribution in [1.82, 2.24) is 24.6 Å². The molecule has 208 valence electrons. The Kier molecular flexibility index (Phi) is 7.88. The maximum absolute atomic E-state index is 15.4. The Labute approximate surface area is 234 Å². The number of nitrogens with zero attached hydrogens (tertiary/aromatic N) is 4. The number of carbonyl (C=O) groups is 3. The van der Waals surface area contributed by atoms with Gasteiger partial charge in [0.15, 0.2) is 23.7 Å². The average Bonchev–Trinajstić information content (AvgIpc) is 3.42. The molecule has 2 aromatic carbocycles. The fourth-order valence-electron chi connectivity index (χ4n) is 4.18. The molecule has 0 saturated heterocycles. The lowest BCUT2D eigenvalue weighted by Gasteiger charge is -2.20. The summed E-state index contributed by atoms with van der Waals surface area (Å²) in [5.74, 6) is -3.15. The molecule has 0 atom stereocenters. The van der Waals surface area contributed by atoms with Gasteiger partial charge in [-0.25, -0.2) is 13.8 Å². The van der Waals surface area contributed by atoms with E-state index in [2.05, 4.69) is 20.7 Å². The summed E-state index contributed by atoms with van der Waals surface area (Å²) in [6, 6.07) is 7.20. The van der Waals surface area contributed by atoms with Crippen LogP contribution >= 0.6 is 11.6 Å². The predicted octanol–water partition coefficient (Wildman–Crippen LogP) is 5.17. The third-order valence-corrected chi connectivity index (χ3v) is 6.46. The molecule has 0 unspecified atom stereocenters. The van der Waals surface area contributed by atoms with Gasteiger partial charge in [-0.2, -0.15) is 5.10 Å². The van der Waals surface area contributed by atoms with E-state index < -0.39 is 23.1 Å². The van der Waals surface area contributed by atoms with Crippen LogP contribution in [0.2, 0.25) is 5.02 Å². The zero-order valence-electron chi connectivity index (χ0n) is 22.5. The minimum absolute atomic E-state index is 0.0167. The van der Waals surface area contributed by atoms with Gasteiger partial charge in [0.25, 0.3) is 5.91 Å². The Balaban J connectivity index is 1.59. The quantitative estimate of drug-likeness (QED) is 0.299. The third-order valence-electron chi connectivity index (χ3n) is 6.14. The molecular weight excluding hydrogens is 542 g/mol. The molecule has 0 aliphatic carbocycles. The van der Waals surface area contributed by atoms with Gasteiger partial charge in [0.1, 0.15) is 6.54 Å². The lowest BCUT2D eigenvalue weighted by molar-refractivity contribution is -0.123. The van der Waals surface area contributed by atoms with Crippen LogP contribution in [0.4, 0.5) is 14.5 Å². The number of rotatable bonds is 7. The van der Waals surface area contributed by atoms with Crippen LogP contribution in [-0.2, 0) is 18.4 Å². The van der Waals surface area contributed by atoms with Crippen LogP contribution in [0.3, 0.4) is 0 Å². The molecular formula is C28H27ClF2N6O3. The van der Waals surface area contributed by atoms with Crippen molar-refractivity contribution in [1.29, 1.82) is 0 Å². The molecule has 0 radical (unpaired) electrons. The number of aldehydes is 1. The van der Waals surface area contributed by atoms with Gasteiger partial charge in [-0.1, -0.05) is 17.7 Å². The molecule has 4 aromatic rings. The summed E-state index contributed by atoms with van der Waals surface area (Å²) in [7, 11) is 1.50. The van der Waals surface area contributed by atoms with Gasteiger partial charge < -0.3 is 15.2 Å². The number of halogens is 3. The first kappa shape index (κ1) is 28.6. The first-order valence-corrected chi connectivity index (χ1v) is 12.6. The Morgan fingerprint density at radius 1 is 1.05 bits per heavy atom. The molecule has 0 aliphatic heterocycles. The highest BCUT2D eigenvalue weighted by Gasteiger charge is 2.24. The van der Waals surface area contributed by atoms with Crippen molar-refractivity contribution in [2.45, 2.75) is 39.8 Å². The summed E-state index contributed by atoms with van der Waals surface area (Å²) in [6.45, 7) is 7.17. The highest BCUT2D eigenvalue weighted by atomic mass is 35.5. The summed E-state index contributed by atoms with van der Waals surface area (Å²) in [4.78, 5) is 40.2. The van der Waals surface area contributed by atoms with E-state index in [1.165, 1.54) is 59.0 Å². The maximum Gasteiger partial charge on any atom is 0.291 e. The molecule has 2 amide bonds. The van der Waals surface area contributed by atoms with E-state index in [0.717, 1.165) is 0 Å². The number of aromatic nitrogens is 4. The summed E-state index contributed by atoms with van der Waals surface area (Å²) in [5.41, 5.74) is 1.09. The van der Waals surface area contributed by atoms with Crippen LogP contribution in [-0.4, -0.2) is 43.0 Å². The van der Waals surface area contributed by atoms with Crippen molar-refractivity contribution in [2.24, 2.45) is 7.05 Å². The van der Waals surface area contributed by atoms with E-state index >= 15 is 8.78 Å². The molecule has 9 nitrogen and oxygen atoms in total. The Hall–Kier alpha value is -4.38. The normalized spacial score (nSPS) is 11.4. The average molecular weight is 569 g/mol. The predicted molar refractivity (Wildman–Crippen MR) is 147 cm³/mol. The van der Waals surface area contributed by atoms with Gasteiger partial charge >= 0.3 is 0 Å². The Morgan fingerprint density at radius 3 is 2.38 bits per heavy atom. The van der Waals surface area contributed by atoms with Gasteiger partial charge in [-0.3, -0.25) is 19.1 Å². The van der Waals surface area contributed by atoms with E-state index in [9.17, 15) is 14.4 Å². The van der Waals surface area contributed by atoms with Crippen molar-refractivity contribution in [3.8, 4) is 22.4 Å². The van der Waals surface area contributed by atoms with Gasteiger partial charge in [0.2, 0.25) is 5.91 Å². The summed E-state index contributed by atoms with van der Waals surface area (Å²) < 4.78 is 33.5. The second-order valence-electron chi connectivity index (χ2n) is 10.2. The van der Waals surface area contributed by atoms with Crippen molar-refractivity contribution < 1.29 is 23.2 Å². The van der Waals surface area contributed by atoms with E-state index in [1.54, 1.807) is 6.92 Å². The number of carbonyl (C=O) groups excluding carboxylic acids is 3. The van der Waals surface area contributed by atoms with Crippen LogP contribution in [0, 0.1) is 18.6 Å². The van der Waals surface area contributed by atoms with Crippen molar-refractivity contribution in [2.75, 3.05) is 5.32 Å². The van der Waals surface area contributed by atoms with E-state index in [0.29, 0.717) is 23.2 Å². The summed E-state index contributed by atoms with van der Waals surface area (Å²) in [6.07, 6.45) is 3.25. The summed E-state index contributed by atoms with van der Waals surface area (Å²) >= 11 is 6.02. The molecule has 2 aromatic heterocycles. The van der Waals surface area contributed by atoms with Crippen molar-refractivity contribution in [3.63, 3.8) is 0 Å². The highest BCUT2D eigenvalue weighted by molar-refractivity contribution is 6.33. The molecule has 4 rings (SSSR count). The number of anilines is 1. The molecule has 0 fully saturated rings. The SMILES string of the molecule is Cc1c(-c2ccc(-c3cnc(C(=O)Nc4ccc(C=O)c(Cl)c4)n3C)c(F)c2F)cnn1CC(=O)NC(C)(C)C. The summed E-state index contributed by atoms with van der Waals surface area (Å²) in [5, 5.41) is 9.80. The zero-order chi connectivity index (χ0) is 29.4. The van der Waals surface area contributed by atoms with Crippen LogP contribution in [0.1, 0.15) is 47.4 Å². The van der Waals surface area contributed by atoms with Crippen molar-refractivity contribution in [3.05, 3.63) is 76.5 Å². The monoisotopic (exact) mass is 568 g/mol. The lowest BCUT2D eigenvalue weighted by Crippen LogP contribution is -2.42. The minimum Gasteiger partial charge on any atom is -0.350 e. The van der Waals surface area contributed by atoms with E-state index in [4.69, 9.17) is 11.6 Å². The number of hydrogen-bond donors (Lipinski definition) is 2.